The summed E-state index contributed by atoms with van der Waals surface area (Å²) in [5.74, 6) is -4.66. The highest BCUT2D eigenvalue weighted by molar-refractivity contribution is 8.00. The van der Waals surface area contributed by atoms with Gasteiger partial charge in [0.15, 0.2) is 0 Å². The summed E-state index contributed by atoms with van der Waals surface area (Å²) in [6.07, 6.45) is 0. The van der Waals surface area contributed by atoms with Crippen molar-refractivity contribution >= 4 is 93.3 Å². The van der Waals surface area contributed by atoms with Crippen molar-refractivity contribution in [2.24, 2.45) is 0 Å². The molecule has 220 valence electrons. The summed E-state index contributed by atoms with van der Waals surface area (Å²) in [6, 6.07) is 18.9. The van der Waals surface area contributed by atoms with E-state index in [1.54, 1.807) is 42.5 Å². The third kappa shape index (κ3) is 7.18. The number of carbonyl (C=O) groups is 4. The quantitative estimate of drug-likeness (QED) is 0.0514. The number of nitrogens with one attached hydrogen (secondary N) is 2. The van der Waals surface area contributed by atoms with Crippen LogP contribution >= 0.6 is 58.2 Å². The van der Waals surface area contributed by atoms with Crippen molar-refractivity contribution in [1.82, 2.24) is 0 Å². The van der Waals surface area contributed by atoms with Crippen LogP contribution in [0, 0.1) is 0 Å². The smallest absolute Gasteiger partial charge is 0.339 e. The summed E-state index contributed by atoms with van der Waals surface area (Å²) in [4.78, 5) is 50.2. The van der Waals surface area contributed by atoms with Crippen LogP contribution in [0.15, 0.2) is 77.7 Å². The lowest BCUT2D eigenvalue weighted by atomic mass is 10.1. The molecule has 9 nitrogen and oxygen atoms in total. The van der Waals surface area contributed by atoms with Gasteiger partial charge in [-0.25, -0.2) is 9.59 Å². The van der Waals surface area contributed by atoms with Gasteiger partial charge in [0.25, 0.3) is 5.91 Å². The predicted molar refractivity (Wildman–Crippen MR) is 167 cm³/mol. The molecule has 0 saturated heterocycles. The number of aromatic hydroxyl groups is 1. The van der Waals surface area contributed by atoms with Gasteiger partial charge in [0.2, 0.25) is 5.91 Å². The molecule has 2 amide bonds. The first-order chi connectivity index (χ1) is 20.4. The molecule has 0 spiro atoms. The predicted octanol–water partition coefficient (Wildman–Crippen LogP) is 8.13. The molecule has 4 aromatic rings. The highest BCUT2D eigenvalue weighted by Crippen LogP contribution is 2.42. The third-order valence-corrected chi connectivity index (χ3v) is 8.98. The molecule has 4 aromatic carbocycles. The number of thioether (sulfide) groups is 1. The maximum atomic E-state index is 13.4. The number of halogens is 4. The molecule has 0 fully saturated rings. The number of carbonyl (C=O) groups excluding carboxylic acids is 2. The van der Waals surface area contributed by atoms with Gasteiger partial charge in [0, 0.05) is 16.3 Å². The molecule has 5 N–H and O–H groups in total. The van der Waals surface area contributed by atoms with Crippen LogP contribution in [-0.2, 0) is 4.79 Å². The molecule has 0 aliphatic carbocycles. The van der Waals surface area contributed by atoms with Gasteiger partial charge in [0.05, 0.1) is 31.2 Å². The van der Waals surface area contributed by atoms with Crippen molar-refractivity contribution in [3.63, 3.8) is 0 Å². The maximum absolute atomic E-state index is 13.4. The number of hydrogen-bond acceptors (Lipinski definition) is 6. The molecular weight excluding hydrogens is 662 g/mol. The number of carboxylic acids is 2. The van der Waals surface area contributed by atoms with Crippen molar-refractivity contribution in [3.8, 4) is 5.75 Å². The Kier molecular flexibility index (Phi) is 10.1. The second-order valence-corrected chi connectivity index (χ2v) is 11.4. The Morgan fingerprint density at radius 1 is 0.674 bits per heavy atom. The number of amides is 2. The number of aromatic carboxylic acids is 2. The molecule has 1 atom stereocenters. The fourth-order valence-corrected chi connectivity index (χ4v) is 5.93. The average molecular weight is 680 g/mol. The molecule has 43 heavy (non-hydrogen) atoms. The van der Waals surface area contributed by atoms with Crippen molar-refractivity contribution in [2.75, 3.05) is 10.6 Å². The molecule has 0 saturated carbocycles. The van der Waals surface area contributed by atoms with Gasteiger partial charge in [-0.05, 0) is 48.0 Å². The van der Waals surface area contributed by atoms with Crippen LogP contribution in [0.2, 0.25) is 20.1 Å². The van der Waals surface area contributed by atoms with E-state index in [1.807, 2.05) is 0 Å². The number of phenols is 1. The first-order valence-corrected chi connectivity index (χ1v) is 14.4. The zero-order chi connectivity index (χ0) is 31.4. The highest BCUT2D eigenvalue weighted by Gasteiger charge is 2.29. The van der Waals surface area contributed by atoms with Crippen LogP contribution in [0.5, 0.6) is 5.75 Å². The minimum Gasteiger partial charge on any atom is -0.507 e. The Balaban J connectivity index is 1.57. The van der Waals surface area contributed by atoms with Crippen molar-refractivity contribution in [3.05, 3.63) is 115 Å². The monoisotopic (exact) mass is 678 g/mol. The Hall–Kier alpha value is -3.93. The van der Waals surface area contributed by atoms with Crippen molar-refractivity contribution in [2.45, 2.75) is 10.1 Å². The van der Waals surface area contributed by atoms with Gasteiger partial charge in [-0.2, -0.15) is 0 Å². The summed E-state index contributed by atoms with van der Waals surface area (Å²) in [5.41, 5.74) is -0.317. The fourth-order valence-electron chi connectivity index (χ4n) is 3.89. The summed E-state index contributed by atoms with van der Waals surface area (Å²) < 4.78 is 0. The second kappa shape index (κ2) is 13.6. The van der Waals surface area contributed by atoms with Gasteiger partial charge >= 0.3 is 11.9 Å². The zero-order valence-electron chi connectivity index (χ0n) is 21.4. The van der Waals surface area contributed by atoms with E-state index in [0.29, 0.717) is 10.5 Å². The first kappa shape index (κ1) is 32.0. The molecule has 1 unspecified atom stereocenters. The Labute approximate surface area is 268 Å². The van der Waals surface area contributed by atoms with Gasteiger partial charge in [-0.1, -0.05) is 76.7 Å². The molecule has 14 heteroatoms. The minimum atomic E-state index is -1.53. The van der Waals surface area contributed by atoms with Crippen molar-refractivity contribution < 1.29 is 34.5 Å². The fraction of sp³-hybridized carbons (Fsp3) is 0.0345. The summed E-state index contributed by atoms with van der Waals surface area (Å²) >= 11 is 25.4. The van der Waals surface area contributed by atoms with Crippen LogP contribution in [0.3, 0.4) is 0 Å². The van der Waals surface area contributed by atoms with E-state index in [-0.39, 0.29) is 32.0 Å². The maximum Gasteiger partial charge on any atom is 0.339 e. The third-order valence-electron chi connectivity index (χ3n) is 5.91. The van der Waals surface area contributed by atoms with E-state index >= 15 is 0 Å². The molecule has 0 aromatic heterocycles. The van der Waals surface area contributed by atoms with Crippen molar-refractivity contribution in [1.29, 1.82) is 0 Å². The molecular formula is C29H18Cl4N2O7S. The Morgan fingerprint density at radius 2 is 1.26 bits per heavy atom. The Morgan fingerprint density at radius 3 is 1.84 bits per heavy atom. The molecule has 0 radical (unpaired) electrons. The molecule has 0 heterocycles. The second-order valence-electron chi connectivity index (χ2n) is 8.72. The number of benzene rings is 4. The molecule has 4 rings (SSSR count). The minimum absolute atomic E-state index is 0.182. The van der Waals surface area contributed by atoms with E-state index in [4.69, 9.17) is 46.4 Å². The Bertz CT molecular complexity index is 1750. The topological polar surface area (TPSA) is 153 Å². The number of carboxylic acid groups (broad SMARTS) is 2. The zero-order valence-corrected chi connectivity index (χ0v) is 25.2. The van der Waals surface area contributed by atoms with Gasteiger partial charge in [-0.3, -0.25) is 9.59 Å². The molecule has 0 aliphatic heterocycles. The van der Waals surface area contributed by atoms with Gasteiger partial charge in [0.1, 0.15) is 16.6 Å². The standard InChI is InChI=1S/C29H18Cl4N2O7S/c30-21-19(20(29(41)42)22(31)24(33)23(21)32)26(37)34-14-6-9-16(10-7-14)43-25(13-4-2-1-3-5-13)27(38)35-15-8-11-18(36)17(12-15)28(39)40/h1-12,25,36H,(H,34,37)(H,35,38)(H,39,40)(H,41,42). The largest absolute Gasteiger partial charge is 0.507 e. The lowest BCUT2D eigenvalue weighted by Crippen LogP contribution is -2.19. The van der Waals surface area contributed by atoms with Crippen LogP contribution in [0.25, 0.3) is 0 Å². The first-order valence-electron chi connectivity index (χ1n) is 12.0. The van der Waals surface area contributed by atoms with E-state index in [0.717, 1.165) is 6.07 Å². The van der Waals surface area contributed by atoms with Gasteiger partial charge < -0.3 is 26.0 Å². The van der Waals surface area contributed by atoms with Crippen LogP contribution in [-0.4, -0.2) is 39.1 Å². The van der Waals surface area contributed by atoms with E-state index in [2.05, 4.69) is 10.6 Å². The van der Waals surface area contributed by atoms with E-state index < -0.39 is 50.9 Å². The van der Waals surface area contributed by atoms with E-state index in [9.17, 15) is 34.5 Å². The van der Waals surface area contributed by atoms with Crippen LogP contribution in [0.1, 0.15) is 41.9 Å². The van der Waals surface area contributed by atoms with E-state index in [1.165, 1.54) is 36.0 Å². The SMILES string of the molecule is O=C(O)c1cc(NC(=O)C(Sc2ccc(NC(=O)c3c(Cl)c(Cl)c(Cl)c(Cl)c3C(=O)O)cc2)c2ccccc2)ccc1O. The normalized spacial score (nSPS) is 11.4. The number of hydrogen-bond donors (Lipinski definition) is 5. The highest BCUT2D eigenvalue weighted by atomic mass is 35.5. The van der Waals surface area contributed by atoms with Crippen LogP contribution in [0.4, 0.5) is 11.4 Å². The lowest BCUT2D eigenvalue weighted by molar-refractivity contribution is -0.115. The summed E-state index contributed by atoms with van der Waals surface area (Å²) in [6.45, 7) is 0. The summed E-state index contributed by atoms with van der Waals surface area (Å²) in [7, 11) is 0. The van der Waals surface area contributed by atoms with Crippen LogP contribution < -0.4 is 10.6 Å². The molecule has 0 aliphatic rings. The number of rotatable bonds is 9. The molecule has 0 bridgehead atoms. The van der Waals surface area contributed by atoms with Gasteiger partial charge in [-0.15, -0.1) is 11.8 Å². The summed E-state index contributed by atoms with van der Waals surface area (Å²) in [5, 5.41) is 31.7. The lowest BCUT2D eigenvalue weighted by Gasteiger charge is -2.18. The average Bonchev–Trinajstić information content (AvgIpc) is 2.98. The number of anilines is 2.